The first-order valence-electron chi connectivity index (χ1n) is 7.84. The molecule has 2 N–H and O–H groups in total. The third-order valence-corrected chi connectivity index (χ3v) is 6.08. The fourth-order valence-corrected chi connectivity index (χ4v) is 4.85. The summed E-state index contributed by atoms with van der Waals surface area (Å²) in [7, 11) is 0. The number of thiazole rings is 1. The Morgan fingerprint density at radius 1 is 1.24 bits per heavy atom. The molecule has 4 rings (SSSR count). The first-order valence-corrected chi connectivity index (χ1v) is 9.10. The summed E-state index contributed by atoms with van der Waals surface area (Å²) >= 11 is 8.10. The Morgan fingerprint density at radius 3 is 3.05 bits per heavy atom. The van der Waals surface area contributed by atoms with E-state index in [-0.39, 0.29) is 0 Å². The van der Waals surface area contributed by atoms with E-state index in [4.69, 9.17) is 11.6 Å². The van der Waals surface area contributed by atoms with Crippen LogP contribution in [-0.2, 0) is 0 Å². The van der Waals surface area contributed by atoms with E-state index in [1.807, 2.05) is 11.6 Å². The van der Waals surface area contributed by atoms with Gasteiger partial charge in [0, 0.05) is 12.1 Å². The first-order chi connectivity index (χ1) is 10.3. The molecule has 2 fully saturated rings. The molecule has 0 amide bonds. The van der Waals surface area contributed by atoms with Gasteiger partial charge in [0.1, 0.15) is 5.52 Å². The summed E-state index contributed by atoms with van der Waals surface area (Å²) in [6.45, 7) is 1.18. The molecule has 112 valence electrons. The molecule has 1 aromatic heterocycles. The Hall–Kier alpha value is -0.840. The predicted molar refractivity (Wildman–Crippen MR) is 90.4 cm³/mol. The summed E-state index contributed by atoms with van der Waals surface area (Å²) in [5, 5.41) is 8.20. The summed E-state index contributed by atoms with van der Waals surface area (Å²) < 4.78 is 1.20. The molecule has 1 aliphatic carbocycles. The first kappa shape index (κ1) is 13.8. The second kappa shape index (κ2) is 5.75. The lowest BCUT2D eigenvalue weighted by Crippen LogP contribution is -2.38. The number of rotatable bonds is 3. The number of fused-ring (bicyclic) bond motifs is 1. The molecule has 3 unspecified atom stereocenters. The minimum atomic E-state index is 0.519. The molecular formula is C16H20ClN3S. The third kappa shape index (κ3) is 2.54. The van der Waals surface area contributed by atoms with E-state index in [0.29, 0.717) is 12.1 Å². The van der Waals surface area contributed by atoms with Gasteiger partial charge in [-0.05, 0) is 50.3 Å². The molecule has 1 aromatic carbocycles. The maximum atomic E-state index is 6.43. The zero-order valence-corrected chi connectivity index (χ0v) is 13.5. The number of nitrogens with one attached hydrogen (secondary N) is 2. The molecule has 2 aliphatic rings. The second-order valence-corrected chi connectivity index (χ2v) is 7.46. The van der Waals surface area contributed by atoms with Crippen molar-refractivity contribution in [3.05, 3.63) is 22.7 Å². The molecule has 2 aromatic rings. The zero-order chi connectivity index (χ0) is 14.2. The Morgan fingerprint density at radius 2 is 2.19 bits per heavy atom. The van der Waals surface area contributed by atoms with E-state index < -0.39 is 0 Å². The summed E-state index contributed by atoms with van der Waals surface area (Å²) in [6.07, 6.45) is 6.50. The van der Waals surface area contributed by atoms with Crippen molar-refractivity contribution in [2.24, 2.45) is 5.92 Å². The predicted octanol–water partition coefficient (Wildman–Crippen LogP) is 4.28. The highest BCUT2D eigenvalue weighted by molar-refractivity contribution is 7.16. The van der Waals surface area contributed by atoms with E-state index in [0.717, 1.165) is 22.1 Å². The molecule has 1 saturated heterocycles. The van der Waals surface area contributed by atoms with Gasteiger partial charge in [-0.15, -0.1) is 11.3 Å². The number of benzene rings is 1. The van der Waals surface area contributed by atoms with Crippen molar-refractivity contribution in [1.29, 1.82) is 0 Å². The van der Waals surface area contributed by atoms with Crippen molar-refractivity contribution in [3.63, 3.8) is 0 Å². The molecule has 0 radical (unpaired) electrons. The van der Waals surface area contributed by atoms with Gasteiger partial charge in [0.2, 0.25) is 0 Å². The monoisotopic (exact) mass is 321 g/mol. The minimum Gasteiger partial charge on any atom is -0.379 e. The van der Waals surface area contributed by atoms with E-state index >= 15 is 0 Å². The van der Waals surface area contributed by atoms with Gasteiger partial charge in [-0.3, -0.25) is 0 Å². The maximum Gasteiger partial charge on any atom is 0.106 e. The van der Waals surface area contributed by atoms with E-state index in [2.05, 4.69) is 21.7 Å². The highest BCUT2D eigenvalue weighted by Crippen LogP contribution is 2.38. The summed E-state index contributed by atoms with van der Waals surface area (Å²) in [6, 6.07) is 5.25. The van der Waals surface area contributed by atoms with Crippen LogP contribution in [-0.4, -0.2) is 23.6 Å². The Balaban J connectivity index is 1.61. The van der Waals surface area contributed by atoms with Gasteiger partial charge < -0.3 is 10.6 Å². The van der Waals surface area contributed by atoms with Crippen molar-refractivity contribution in [1.82, 2.24) is 10.3 Å². The van der Waals surface area contributed by atoms with Crippen LogP contribution in [0.3, 0.4) is 0 Å². The fraction of sp³-hybridized carbons (Fsp3) is 0.562. The number of anilines is 1. The summed E-state index contributed by atoms with van der Waals surface area (Å²) in [5.74, 6) is 0.720. The SMILES string of the molecule is Clc1ccc2scnc2c1NC1CCCC1C1CCCN1. The average Bonchev–Trinajstić information content (AvgIpc) is 3.20. The molecule has 5 heteroatoms. The second-order valence-electron chi connectivity index (χ2n) is 6.17. The van der Waals surface area contributed by atoms with Gasteiger partial charge in [0.25, 0.3) is 0 Å². The van der Waals surface area contributed by atoms with E-state index in [9.17, 15) is 0 Å². The summed E-state index contributed by atoms with van der Waals surface area (Å²) in [5.41, 5.74) is 3.96. The molecule has 0 spiro atoms. The normalized spacial score (nSPS) is 29.3. The van der Waals surface area contributed by atoms with E-state index in [1.54, 1.807) is 11.3 Å². The van der Waals surface area contributed by atoms with Crippen molar-refractivity contribution >= 4 is 38.8 Å². The lowest BCUT2D eigenvalue weighted by molar-refractivity contribution is 0.376. The number of hydrogen-bond acceptors (Lipinski definition) is 4. The molecular weight excluding hydrogens is 302 g/mol. The van der Waals surface area contributed by atoms with Crippen LogP contribution in [0.4, 0.5) is 5.69 Å². The van der Waals surface area contributed by atoms with Crippen molar-refractivity contribution in [2.75, 3.05) is 11.9 Å². The summed E-state index contributed by atoms with van der Waals surface area (Å²) in [4.78, 5) is 4.50. The molecule has 1 saturated carbocycles. The smallest absolute Gasteiger partial charge is 0.106 e. The van der Waals surface area contributed by atoms with Crippen molar-refractivity contribution < 1.29 is 0 Å². The fourth-order valence-electron chi connectivity index (χ4n) is 3.96. The Labute approximate surface area is 134 Å². The lowest BCUT2D eigenvalue weighted by atomic mass is 9.93. The van der Waals surface area contributed by atoms with Gasteiger partial charge in [-0.1, -0.05) is 18.0 Å². The van der Waals surface area contributed by atoms with Crippen molar-refractivity contribution in [2.45, 2.75) is 44.2 Å². The number of aromatic nitrogens is 1. The van der Waals surface area contributed by atoms with Gasteiger partial charge in [0.15, 0.2) is 0 Å². The highest BCUT2D eigenvalue weighted by atomic mass is 35.5. The number of hydrogen-bond donors (Lipinski definition) is 2. The van der Waals surface area contributed by atoms with Crippen LogP contribution in [0, 0.1) is 5.92 Å². The largest absolute Gasteiger partial charge is 0.379 e. The van der Waals surface area contributed by atoms with Gasteiger partial charge in [-0.2, -0.15) is 0 Å². The number of nitrogens with zero attached hydrogens (tertiary/aromatic N) is 1. The maximum absolute atomic E-state index is 6.43. The highest BCUT2D eigenvalue weighted by Gasteiger charge is 2.35. The van der Waals surface area contributed by atoms with Crippen LogP contribution in [0.25, 0.3) is 10.2 Å². The van der Waals surface area contributed by atoms with Gasteiger partial charge in [0.05, 0.1) is 20.9 Å². The molecule has 21 heavy (non-hydrogen) atoms. The van der Waals surface area contributed by atoms with Crippen LogP contribution in [0.2, 0.25) is 5.02 Å². The van der Waals surface area contributed by atoms with Gasteiger partial charge >= 0.3 is 0 Å². The minimum absolute atomic E-state index is 0.519. The Bertz CT molecular complexity index is 635. The molecule has 2 heterocycles. The van der Waals surface area contributed by atoms with Gasteiger partial charge in [-0.25, -0.2) is 4.98 Å². The zero-order valence-electron chi connectivity index (χ0n) is 11.9. The molecule has 0 bridgehead atoms. The van der Waals surface area contributed by atoms with Crippen LogP contribution in [0.15, 0.2) is 17.6 Å². The third-order valence-electron chi connectivity index (χ3n) is 4.97. The lowest BCUT2D eigenvalue weighted by Gasteiger charge is -2.27. The molecule has 1 aliphatic heterocycles. The quantitative estimate of drug-likeness (QED) is 0.886. The molecule has 3 nitrogen and oxygen atoms in total. The van der Waals surface area contributed by atoms with Crippen molar-refractivity contribution in [3.8, 4) is 0 Å². The number of halogens is 1. The van der Waals surface area contributed by atoms with Crippen LogP contribution < -0.4 is 10.6 Å². The Kier molecular flexibility index (Phi) is 3.78. The topological polar surface area (TPSA) is 37.0 Å². The van der Waals surface area contributed by atoms with Crippen LogP contribution >= 0.6 is 22.9 Å². The van der Waals surface area contributed by atoms with Crippen LogP contribution in [0.1, 0.15) is 32.1 Å². The van der Waals surface area contributed by atoms with Crippen LogP contribution in [0.5, 0.6) is 0 Å². The standard InChI is InChI=1S/C16H20ClN3S/c17-11-6-7-14-16(19-9-21-14)15(11)20-13-4-1-3-10(13)12-5-2-8-18-12/h6-7,9-10,12-13,18,20H,1-5,8H2. The molecule has 3 atom stereocenters. The average molecular weight is 322 g/mol. The van der Waals surface area contributed by atoms with E-state index in [1.165, 1.54) is 43.3 Å².